The molecule has 0 aromatic carbocycles. The maximum absolute atomic E-state index is 13.1. The van der Waals surface area contributed by atoms with Crippen molar-refractivity contribution in [3.8, 4) is 0 Å². The second kappa shape index (κ2) is 61.0. The molecule has 1 heterocycles. The number of carbonyl (C=O) groups is 1. The fraction of sp³-hybridized carbons (Fsp3) is 0.958. The van der Waals surface area contributed by atoms with Crippen molar-refractivity contribution in [2.45, 2.75) is 423 Å². The van der Waals surface area contributed by atoms with E-state index in [9.17, 15) is 30.3 Å². The lowest BCUT2D eigenvalue weighted by molar-refractivity contribution is -0.302. The summed E-state index contributed by atoms with van der Waals surface area (Å²) in [5.74, 6) is -0.166. The van der Waals surface area contributed by atoms with Gasteiger partial charge < -0.3 is 40.3 Å². The highest BCUT2D eigenvalue weighted by Crippen LogP contribution is 2.24. The summed E-state index contributed by atoms with van der Waals surface area (Å²) >= 11 is 0. The number of amides is 1. The lowest BCUT2D eigenvalue weighted by Gasteiger charge is -2.40. The van der Waals surface area contributed by atoms with E-state index in [0.717, 1.165) is 38.5 Å². The number of nitrogens with one attached hydrogen (secondary N) is 1. The zero-order valence-electron chi connectivity index (χ0n) is 53.4. The first-order chi connectivity index (χ1) is 39.3. The number of carbonyl (C=O) groups excluding carboxylic acids is 1. The van der Waals surface area contributed by atoms with Gasteiger partial charge in [0.25, 0.3) is 0 Å². The number of rotatable bonds is 64. The summed E-state index contributed by atoms with van der Waals surface area (Å²) in [5, 5.41) is 54.8. The van der Waals surface area contributed by atoms with Crippen LogP contribution >= 0.6 is 0 Å². The molecular formula is C71H139NO8. The standard InChI is InChI=1S/C71H139NO8/c1-3-5-7-9-11-13-15-17-19-21-23-25-27-29-30-31-32-33-34-35-37-39-41-43-45-47-49-51-53-55-57-59-61-67(75)72-64(63-79-71-70(78)69(77)68(76)66(62-73)80-71)65(74)60-58-56-54-52-50-48-46-44-42-40-38-36-28-26-24-22-20-18-16-14-12-10-8-6-4-2/h58,60,64-66,68-71,73-74,76-78H,3-57,59,61-63H2,1-2H3,(H,72,75)/b60-58+. The van der Waals surface area contributed by atoms with Crippen LogP contribution in [0.3, 0.4) is 0 Å². The second-order valence-electron chi connectivity index (χ2n) is 25.4. The summed E-state index contributed by atoms with van der Waals surface area (Å²) in [6, 6.07) is -0.802. The molecule has 0 bridgehead atoms. The van der Waals surface area contributed by atoms with E-state index < -0.39 is 49.5 Å². The van der Waals surface area contributed by atoms with Crippen LogP contribution in [-0.4, -0.2) is 87.5 Å². The van der Waals surface area contributed by atoms with Crippen LogP contribution in [0.25, 0.3) is 0 Å². The molecule has 0 spiro atoms. The summed E-state index contributed by atoms with van der Waals surface area (Å²) in [6.07, 6.45) is 71.9. The highest BCUT2D eigenvalue weighted by atomic mass is 16.7. The lowest BCUT2D eigenvalue weighted by atomic mass is 9.99. The van der Waals surface area contributed by atoms with Crippen LogP contribution in [0, 0.1) is 0 Å². The zero-order valence-corrected chi connectivity index (χ0v) is 53.4. The van der Waals surface area contributed by atoms with Crippen LogP contribution in [-0.2, 0) is 14.3 Å². The molecule has 9 nitrogen and oxygen atoms in total. The van der Waals surface area contributed by atoms with Gasteiger partial charge in [0.1, 0.15) is 24.4 Å². The highest BCUT2D eigenvalue weighted by Gasteiger charge is 2.44. The lowest BCUT2D eigenvalue weighted by Crippen LogP contribution is -2.60. The molecule has 80 heavy (non-hydrogen) atoms. The normalized spacial score (nSPS) is 18.4. The molecule has 1 saturated heterocycles. The monoisotopic (exact) mass is 1130 g/mol. The Bertz CT molecular complexity index is 1270. The van der Waals surface area contributed by atoms with E-state index in [1.807, 2.05) is 6.08 Å². The molecule has 0 aromatic rings. The van der Waals surface area contributed by atoms with Gasteiger partial charge in [0, 0.05) is 6.42 Å². The summed E-state index contributed by atoms with van der Waals surface area (Å²) in [4.78, 5) is 13.1. The molecule has 0 aromatic heterocycles. The van der Waals surface area contributed by atoms with Crippen LogP contribution in [0.4, 0.5) is 0 Å². The SMILES string of the molecule is CCCCCCCCCCCCCCCCCCCCCCCCC/C=C/C(O)C(COC1OC(CO)C(O)C(O)C1O)NC(=O)CCCCCCCCCCCCCCCCCCCCCCCCCCCCCCCCCC. The molecule has 1 aliphatic heterocycles. The molecule has 7 atom stereocenters. The largest absolute Gasteiger partial charge is 0.394 e. The van der Waals surface area contributed by atoms with Gasteiger partial charge in [-0.05, 0) is 19.3 Å². The molecular weight excluding hydrogens is 995 g/mol. The number of allylic oxidation sites excluding steroid dienone is 1. The Morgan fingerprint density at radius 2 is 0.688 bits per heavy atom. The minimum atomic E-state index is -1.56. The predicted octanol–water partition coefficient (Wildman–Crippen LogP) is 19.5. The maximum atomic E-state index is 13.1. The van der Waals surface area contributed by atoms with Crippen molar-refractivity contribution in [1.29, 1.82) is 0 Å². The zero-order chi connectivity index (χ0) is 57.9. The van der Waals surface area contributed by atoms with Crippen LogP contribution in [0.5, 0.6) is 0 Å². The molecule has 1 fully saturated rings. The Morgan fingerprint density at radius 1 is 0.412 bits per heavy atom. The fourth-order valence-corrected chi connectivity index (χ4v) is 12.0. The van der Waals surface area contributed by atoms with Crippen molar-refractivity contribution in [3.63, 3.8) is 0 Å². The Balaban J connectivity index is 2.10. The van der Waals surface area contributed by atoms with Gasteiger partial charge in [0.15, 0.2) is 6.29 Å². The molecule has 1 amide bonds. The topological polar surface area (TPSA) is 149 Å². The molecule has 0 aliphatic carbocycles. The number of hydrogen-bond acceptors (Lipinski definition) is 8. The number of aliphatic hydroxyl groups is 5. The Morgan fingerprint density at radius 3 is 0.975 bits per heavy atom. The third-order valence-corrected chi connectivity index (χ3v) is 17.6. The molecule has 0 radical (unpaired) electrons. The molecule has 476 valence electrons. The third-order valence-electron chi connectivity index (χ3n) is 17.6. The summed E-state index contributed by atoms with van der Waals surface area (Å²) in [6.45, 7) is 3.85. The number of aliphatic hydroxyl groups excluding tert-OH is 5. The number of hydrogen-bond donors (Lipinski definition) is 6. The van der Waals surface area contributed by atoms with Gasteiger partial charge in [0.05, 0.1) is 25.4 Å². The quantitative estimate of drug-likeness (QED) is 0.0261. The Hall–Kier alpha value is -1.07. The molecule has 6 N–H and O–H groups in total. The molecule has 1 rings (SSSR count). The van der Waals surface area contributed by atoms with Crippen molar-refractivity contribution in [1.82, 2.24) is 5.32 Å². The highest BCUT2D eigenvalue weighted by molar-refractivity contribution is 5.76. The van der Waals surface area contributed by atoms with Gasteiger partial charge in [-0.1, -0.05) is 366 Å². The van der Waals surface area contributed by atoms with Gasteiger partial charge in [0.2, 0.25) is 5.91 Å². The first kappa shape index (κ1) is 76.9. The van der Waals surface area contributed by atoms with Crippen molar-refractivity contribution in [2.24, 2.45) is 0 Å². The third kappa shape index (κ3) is 49.2. The minimum absolute atomic E-state index is 0.166. The number of unbranched alkanes of at least 4 members (excludes halogenated alkanes) is 54. The second-order valence-corrected chi connectivity index (χ2v) is 25.4. The molecule has 1 aliphatic rings. The van der Waals surface area contributed by atoms with Crippen molar-refractivity contribution in [3.05, 3.63) is 12.2 Å². The van der Waals surface area contributed by atoms with Crippen molar-refractivity contribution >= 4 is 5.91 Å². The Kier molecular flexibility index (Phi) is 58.7. The summed E-state index contributed by atoms with van der Waals surface area (Å²) in [5.41, 5.74) is 0. The summed E-state index contributed by atoms with van der Waals surface area (Å²) in [7, 11) is 0. The average Bonchev–Trinajstić information content (AvgIpc) is 3.46. The average molecular weight is 1130 g/mol. The van der Waals surface area contributed by atoms with E-state index >= 15 is 0 Å². The first-order valence-corrected chi connectivity index (χ1v) is 35.9. The molecule has 0 saturated carbocycles. The van der Waals surface area contributed by atoms with Crippen molar-refractivity contribution in [2.75, 3.05) is 13.2 Å². The van der Waals surface area contributed by atoms with Gasteiger partial charge >= 0.3 is 0 Å². The van der Waals surface area contributed by atoms with Crippen LogP contribution in [0.15, 0.2) is 12.2 Å². The smallest absolute Gasteiger partial charge is 0.220 e. The van der Waals surface area contributed by atoms with E-state index in [0.29, 0.717) is 6.42 Å². The van der Waals surface area contributed by atoms with Gasteiger partial charge in [-0.25, -0.2) is 0 Å². The van der Waals surface area contributed by atoms with Crippen LogP contribution < -0.4 is 5.32 Å². The van der Waals surface area contributed by atoms with E-state index in [1.165, 1.54) is 321 Å². The Labute approximate surface area is 496 Å². The minimum Gasteiger partial charge on any atom is -0.394 e. The van der Waals surface area contributed by atoms with Gasteiger partial charge in [-0.2, -0.15) is 0 Å². The fourth-order valence-electron chi connectivity index (χ4n) is 12.0. The predicted molar refractivity (Wildman–Crippen MR) is 341 cm³/mol. The van der Waals surface area contributed by atoms with Gasteiger partial charge in [-0.15, -0.1) is 0 Å². The number of ether oxygens (including phenoxy) is 2. The van der Waals surface area contributed by atoms with Crippen molar-refractivity contribution < 1.29 is 39.8 Å². The first-order valence-electron chi connectivity index (χ1n) is 35.9. The maximum Gasteiger partial charge on any atom is 0.220 e. The van der Waals surface area contributed by atoms with E-state index in [4.69, 9.17) is 9.47 Å². The summed E-state index contributed by atoms with van der Waals surface area (Å²) < 4.78 is 11.3. The van der Waals surface area contributed by atoms with Crippen LogP contribution in [0.1, 0.15) is 380 Å². The molecule has 7 unspecified atom stereocenters. The van der Waals surface area contributed by atoms with E-state index in [2.05, 4.69) is 19.2 Å². The van der Waals surface area contributed by atoms with E-state index in [-0.39, 0.29) is 12.5 Å². The van der Waals surface area contributed by atoms with Crippen LogP contribution in [0.2, 0.25) is 0 Å². The molecule has 9 heteroatoms. The van der Waals surface area contributed by atoms with E-state index in [1.54, 1.807) is 6.08 Å². The van der Waals surface area contributed by atoms with Gasteiger partial charge in [-0.3, -0.25) is 4.79 Å².